The quantitative estimate of drug-likeness (QED) is 0.699. The van der Waals surface area contributed by atoms with Crippen LogP contribution in [0.2, 0.25) is 0 Å². The van der Waals surface area contributed by atoms with Gasteiger partial charge in [0.25, 0.3) is 0 Å². The molecule has 0 spiro atoms. The molecule has 1 aliphatic carbocycles. The Hall–Kier alpha value is -0.670. The van der Waals surface area contributed by atoms with E-state index in [1.807, 2.05) is 0 Å². The Bertz CT molecular complexity index is 252. The van der Waals surface area contributed by atoms with E-state index in [4.69, 9.17) is 4.74 Å². The highest BCUT2D eigenvalue weighted by Crippen LogP contribution is 2.44. The topological polar surface area (TPSA) is 26.3 Å². The van der Waals surface area contributed by atoms with Gasteiger partial charge in [-0.2, -0.15) is 0 Å². The highest BCUT2D eigenvalue weighted by molar-refractivity contribution is 5.76. The van der Waals surface area contributed by atoms with Crippen molar-refractivity contribution in [1.82, 2.24) is 0 Å². The van der Waals surface area contributed by atoms with E-state index in [0.717, 1.165) is 0 Å². The summed E-state index contributed by atoms with van der Waals surface area (Å²) in [4.78, 5) is 11.7. The van der Waals surface area contributed by atoms with Crippen molar-refractivity contribution in [2.45, 2.75) is 52.4 Å². The van der Waals surface area contributed by atoms with E-state index in [0.29, 0.717) is 19.4 Å². The summed E-state index contributed by atoms with van der Waals surface area (Å²) in [6.45, 7) is 5.67. The van der Waals surface area contributed by atoms with Crippen molar-refractivity contribution in [2.75, 3.05) is 6.61 Å². The molecule has 0 saturated heterocycles. The molecule has 0 aromatic carbocycles. The molecule has 0 N–H and O–H groups in total. The molecule has 1 rings (SSSR count). The summed E-state index contributed by atoms with van der Waals surface area (Å²) in [6.07, 6.45) is 0.582. The highest BCUT2D eigenvalue weighted by Gasteiger charge is 2.44. The van der Waals surface area contributed by atoms with Crippen LogP contribution in [0.5, 0.6) is 0 Å². The molecule has 1 aliphatic rings. The third-order valence-electron chi connectivity index (χ3n) is 3.54. The van der Waals surface area contributed by atoms with Gasteiger partial charge < -0.3 is 4.74 Å². The van der Waals surface area contributed by atoms with Crippen LogP contribution in [0.15, 0.2) is 0 Å². The van der Waals surface area contributed by atoms with Gasteiger partial charge in [-0.05, 0) is 39.5 Å². The minimum Gasteiger partial charge on any atom is -0.466 e. The predicted molar refractivity (Wildman–Crippen MR) is 57.3 cm³/mol. The molecule has 0 amide bonds. The Morgan fingerprint density at radius 3 is 2.31 bits per heavy atom. The van der Waals surface area contributed by atoms with E-state index < -0.39 is 11.3 Å². The summed E-state index contributed by atoms with van der Waals surface area (Å²) in [5.74, 6) is -2.81. The second kappa shape index (κ2) is 4.68. The molecule has 0 radical (unpaired) electrons. The first kappa shape index (κ1) is 13.4. The molecule has 2 nitrogen and oxygen atoms in total. The summed E-state index contributed by atoms with van der Waals surface area (Å²) in [7, 11) is 0. The molecule has 0 heterocycles. The molecule has 94 valence electrons. The number of carbonyl (C=O) groups excluding carboxylic acids is 1. The van der Waals surface area contributed by atoms with Crippen LogP contribution in [0.4, 0.5) is 8.78 Å². The average Bonchev–Trinajstić information content (AvgIpc) is 2.17. The second-order valence-electron chi connectivity index (χ2n) is 5.07. The summed E-state index contributed by atoms with van der Waals surface area (Å²) < 4.78 is 31.0. The zero-order valence-electron chi connectivity index (χ0n) is 10.2. The van der Waals surface area contributed by atoms with Gasteiger partial charge in [-0.25, -0.2) is 8.78 Å². The predicted octanol–water partition coefficient (Wildman–Crippen LogP) is 3.40. The average molecular weight is 234 g/mol. The van der Waals surface area contributed by atoms with Crippen molar-refractivity contribution >= 4 is 5.97 Å². The van der Waals surface area contributed by atoms with Gasteiger partial charge in [0.05, 0.1) is 12.0 Å². The van der Waals surface area contributed by atoms with E-state index in [1.165, 1.54) is 0 Å². The first-order valence-corrected chi connectivity index (χ1v) is 5.84. The minimum absolute atomic E-state index is 0.00572. The molecular weight excluding hydrogens is 214 g/mol. The van der Waals surface area contributed by atoms with Crippen LogP contribution in [-0.2, 0) is 9.53 Å². The second-order valence-corrected chi connectivity index (χ2v) is 5.07. The van der Waals surface area contributed by atoms with Crippen LogP contribution in [0.25, 0.3) is 0 Å². The molecule has 0 aliphatic heterocycles. The minimum atomic E-state index is -2.54. The molecule has 0 unspecified atom stereocenters. The fourth-order valence-corrected chi connectivity index (χ4v) is 2.25. The summed E-state index contributed by atoms with van der Waals surface area (Å²) in [6, 6.07) is 0. The third-order valence-corrected chi connectivity index (χ3v) is 3.54. The fraction of sp³-hybridized carbons (Fsp3) is 0.917. The van der Waals surface area contributed by atoms with Gasteiger partial charge in [0, 0.05) is 12.8 Å². The number of ether oxygens (including phenoxy) is 1. The third kappa shape index (κ3) is 2.92. The summed E-state index contributed by atoms with van der Waals surface area (Å²) in [5.41, 5.74) is -0.646. The van der Waals surface area contributed by atoms with E-state index in [9.17, 15) is 13.6 Å². The van der Waals surface area contributed by atoms with Crippen LogP contribution in [-0.4, -0.2) is 18.5 Å². The lowest BCUT2D eigenvalue weighted by Gasteiger charge is -2.37. The standard InChI is InChI=1S/C12H20F2O2/c1-4-16-10(15)11(2,3)9-5-7-12(13,14)8-6-9/h9H,4-8H2,1-3H3. The van der Waals surface area contributed by atoms with Gasteiger partial charge in [-0.1, -0.05) is 0 Å². The molecule has 4 heteroatoms. The van der Waals surface area contributed by atoms with E-state index in [2.05, 4.69) is 0 Å². The van der Waals surface area contributed by atoms with Gasteiger partial charge >= 0.3 is 5.97 Å². The first-order chi connectivity index (χ1) is 7.29. The zero-order chi connectivity index (χ0) is 12.4. The Labute approximate surface area is 95.4 Å². The molecule has 0 aromatic heterocycles. The molecule has 0 bridgehead atoms. The molecule has 0 atom stereocenters. The van der Waals surface area contributed by atoms with Crippen molar-refractivity contribution in [3.63, 3.8) is 0 Å². The van der Waals surface area contributed by atoms with Gasteiger partial charge in [-0.3, -0.25) is 4.79 Å². The van der Waals surface area contributed by atoms with Gasteiger partial charge in [0.1, 0.15) is 0 Å². The number of halogens is 2. The Morgan fingerprint density at radius 1 is 1.38 bits per heavy atom. The van der Waals surface area contributed by atoms with Crippen molar-refractivity contribution in [2.24, 2.45) is 11.3 Å². The summed E-state index contributed by atoms with van der Waals surface area (Å²) in [5, 5.41) is 0. The fourth-order valence-electron chi connectivity index (χ4n) is 2.25. The van der Waals surface area contributed by atoms with Crippen molar-refractivity contribution in [3.8, 4) is 0 Å². The molecule has 1 saturated carbocycles. The molecule has 0 aromatic rings. The Kier molecular flexibility index (Phi) is 3.92. The van der Waals surface area contributed by atoms with Crippen LogP contribution in [0, 0.1) is 11.3 Å². The van der Waals surface area contributed by atoms with Crippen LogP contribution in [0.1, 0.15) is 46.5 Å². The van der Waals surface area contributed by atoms with E-state index in [-0.39, 0.29) is 24.7 Å². The molecule has 16 heavy (non-hydrogen) atoms. The van der Waals surface area contributed by atoms with Gasteiger partial charge in [0.15, 0.2) is 0 Å². The van der Waals surface area contributed by atoms with Crippen LogP contribution in [0.3, 0.4) is 0 Å². The normalized spacial score (nSPS) is 21.8. The number of hydrogen-bond acceptors (Lipinski definition) is 2. The smallest absolute Gasteiger partial charge is 0.311 e. The maximum absolute atomic E-state index is 13.0. The maximum atomic E-state index is 13.0. The van der Waals surface area contributed by atoms with Crippen molar-refractivity contribution in [1.29, 1.82) is 0 Å². The number of hydrogen-bond donors (Lipinski definition) is 0. The lowest BCUT2D eigenvalue weighted by Crippen LogP contribution is -2.39. The number of alkyl halides is 2. The number of rotatable bonds is 3. The largest absolute Gasteiger partial charge is 0.466 e. The Balaban J connectivity index is 2.61. The number of esters is 1. The highest BCUT2D eigenvalue weighted by atomic mass is 19.3. The lowest BCUT2D eigenvalue weighted by molar-refractivity contribution is -0.159. The zero-order valence-corrected chi connectivity index (χ0v) is 10.2. The maximum Gasteiger partial charge on any atom is 0.311 e. The van der Waals surface area contributed by atoms with Gasteiger partial charge in [0.2, 0.25) is 5.92 Å². The lowest BCUT2D eigenvalue weighted by atomic mass is 9.70. The SMILES string of the molecule is CCOC(=O)C(C)(C)C1CCC(F)(F)CC1. The first-order valence-electron chi connectivity index (χ1n) is 5.84. The number of carbonyl (C=O) groups is 1. The monoisotopic (exact) mass is 234 g/mol. The van der Waals surface area contributed by atoms with Crippen LogP contribution < -0.4 is 0 Å². The Morgan fingerprint density at radius 2 is 1.88 bits per heavy atom. The van der Waals surface area contributed by atoms with Crippen molar-refractivity contribution in [3.05, 3.63) is 0 Å². The van der Waals surface area contributed by atoms with E-state index in [1.54, 1.807) is 20.8 Å². The summed E-state index contributed by atoms with van der Waals surface area (Å²) >= 11 is 0. The van der Waals surface area contributed by atoms with Crippen LogP contribution >= 0.6 is 0 Å². The molecule has 1 fully saturated rings. The van der Waals surface area contributed by atoms with Crippen molar-refractivity contribution < 1.29 is 18.3 Å². The molecular formula is C12H20F2O2. The van der Waals surface area contributed by atoms with E-state index >= 15 is 0 Å². The van der Waals surface area contributed by atoms with Gasteiger partial charge in [-0.15, -0.1) is 0 Å².